The molecule has 2 aliphatic rings. The topological polar surface area (TPSA) is 65.6 Å². The molecule has 1 saturated heterocycles. The van der Waals surface area contributed by atoms with Crippen LogP contribution in [0.5, 0.6) is 0 Å². The van der Waals surface area contributed by atoms with Crippen LogP contribution in [0, 0.1) is 0 Å². The molecule has 0 radical (unpaired) electrons. The molecule has 2 heterocycles. The molecule has 164 valence electrons. The molecule has 3 N–H and O–H groups in total. The van der Waals surface area contributed by atoms with Gasteiger partial charge in [-0.25, -0.2) is 0 Å². The average Bonchev–Trinajstić information content (AvgIpc) is 3.08. The number of anilines is 3. The number of benzene rings is 2. The van der Waals surface area contributed by atoms with Gasteiger partial charge in [0, 0.05) is 55.0 Å². The highest BCUT2D eigenvalue weighted by molar-refractivity contribution is 6.31. The second-order valence-corrected chi connectivity index (χ2v) is 7.34. The first-order valence-electron chi connectivity index (χ1n) is 10.0. The van der Waals surface area contributed by atoms with E-state index in [0.717, 1.165) is 19.2 Å². The van der Waals surface area contributed by atoms with E-state index in [2.05, 4.69) is 20.9 Å². The van der Waals surface area contributed by atoms with E-state index in [1.54, 1.807) is 30.3 Å². The van der Waals surface area contributed by atoms with Crippen LogP contribution >= 0.6 is 0 Å². The lowest BCUT2D eigenvalue weighted by atomic mass is 10.1. The van der Waals surface area contributed by atoms with Gasteiger partial charge < -0.3 is 20.7 Å². The molecule has 4 rings (SSSR count). The number of amides is 1. The van der Waals surface area contributed by atoms with Crippen molar-refractivity contribution in [1.82, 2.24) is 4.90 Å². The average molecular weight is 432 g/mol. The van der Waals surface area contributed by atoms with Crippen LogP contribution in [0.1, 0.15) is 11.1 Å². The van der Waals surface area contributed by atoms with Gasteiger partial charge in [-0.1, -0.05) is 18.2 Å². The smallest absolute Gasteiger partial charge is 0.383 e. The van der Waals surface area contributed by atoms with E-state index < -0.39 is 11.7 Å². The highest BCUT2D eigenvalue weighted by atomic mass is 19.4. The summed E-state index contributed by atoms with van der Waals surface area (Å²) in [4.78, 5) is 14.3. The van der Waals surface area contributed by atoms with Crippen LogP contribution < -0.4 is 16.0 Å². The molecule has 6 nitrogen and oxygen atoms in total. The number of para-hydroxylation sites is 1. The Bertz CT molecular complexity index is 985. The molecule has 0 aliphatic carbocycles. The van der Waals surface area contributed by atoms with E-state index >= 15 is 0 Å². The molecule has 2 aliphatic heterocycles. The fraction of sp³-hybridized carbons (Fsp3) is 0.318. The molecular formula is C22H23F3N4O2. The van der Waals surface area contributed by atoms with Gasteiger partial charge in [0.05, 0.1) is 24.4 Å². The molecule has 1 amide bonds. The molecule has 2 aromatic rings. The minimum absolute atomic E-state index is 0.0305. The van der Waals surface area contributed by atoms with Crippen molar-refractivity contribution in [3.63, 3.8) is 0 Å². The van der Waals surface area contributed by atoms with Crippen molar-refractivity contribution in [2.24, 2.45) is 0 Å². The monoisotopic (exact) mass is 432 g/mol. The fourth-order valence-electron chi connectivity index (χ4n) is 3.63. The lowest BCUT2D eigenvalue weighted by Gasteiger charge is -2.27. The second kappa shape index (κ2) is 8.99. The Morgan fingerprint density at radius 3 is 2.68 bits per heavy atom. The Balaban J connectivity index is 1.47. The Morgan fingerprint density at radius 1 is 1.13 bits per heavy atom. The number of ether oxygens (including phenoxy) is 1. The minimum atomic E-state index is -4.51. The summed E-state index contributed by atoms with van der Waals surface area (Å²) in [5, 5.41) is 8.46. The van der Waals surface area contributed by atoms with E-state index in [9.17, 15) is 18.0 Å². The number of hydrogen-bond donors (Lipinski definition) is 3. The molecule has 0 saturated carbocycles. The van der Waals surface area contributed by atoms with Crippen molar-refractivity contribution >= 4 is 28.5 Å². The summed E-state index contributed by atoms with van der Waals surface area (Å²) >= 11 is 0. The second-order valence-electron chi connectivity index (χ2n) is 7.34. The summed E-state index contributed by atoms with van der Waals surface area (Å²) < 4.78 is 46.2. The van der Waals surface area contributed by atoms with Crippen LogP contribution in [0.3, 0.4) is 0 Å². The van der Waals surface area contributed by atoms with Crippen molar-refractivity contribution in [2.75, 3.05) is 55.3 Å². The van der Waals surface area contributed by atoms with E-state index in [1.807, 2.05) is 0 Å². The zero-order valence-electron chi connectivity index (χ0n) is 16.8. The maximum atomic E-state index is 13.6. The summed E-state index contributed by atoms with van der Waals surface area (Å²) in [7, 11) is 0. The molecule has 0 aromatic heterocycles. The Kier molecular flexibility index (Phi) is 6.15. The van der Waals surface area contributed by atoms with Crippen molar-refractivity contribution in [3.8, 4) is 0 Å². The standard InChI is InChI=1S/C22H23F3N4O2/c23-22(24,25)18-13-15(5-6-20(18)26-7-8-29-9-11-31-12-10-29)27-14-17-16-3-1-2-4-19(16)28-21(17)30/h1-6,13-14,26-27H,7-12H2,(H,28,30). The molecule has 0 spiro atoms. The Labute approximate surface area is 178 Å². The Morgan fingerprint density at radius 2 is 1.90 bits per heavy atom. The number of fused-ring (bicyclic) bond motifs is 1. The molecular weight excluding hydrogens is 409 g/mol. The summed E-state index contributed by atoms with van der Waals surface area (Å²) in [6.07, 6.45) is -3.08. The quantitative estimate of drug-likeness (QED) is 0.605. The van der Waals surface area contributed by atoms with Crippen molar-refractivity contribution in [1.29, 1.82) is 0 Å². The lowest BCUT2D eigenvalue weighted by molar-refractivity contribution is -0.136. The van der Waals surface area contributed by atoms with Crippen LogP contribution in [0.25, 0.3) is 5.57 Å². The third-order valence-corrected chi connectivity index (χ3v) is 5.27. The number of nitrogens with zero attached hydrogens (tertiary/aromatic N) is 1. The number of nitrogens with one attached hydrogen (secondary N) is 3. The summed E-state index contributed by atoms with van der Waals surface area (Å²) in [5.74, 6) is -0.300. The van der Waals surface area contributed by atoms with Gasteiger partial charge >= 0.3 is 6.18 Å². The van der Waals surface area contributed by atoms with Gasteiger partial charge in [-0.3, -0.25) is 9.69 Å². The highest BCUT2D eigenvalue weighted by Gasteiger charge is 2.34. The number of carbonyl (C=O) groups is 1. The predicted octanol–water partition coefficient (Wildman–Crippen LogP) is 3.85. The third kappa shape index (κ3) is 5.00. The van der Waals surface area contributed by atoms with E-state index in [1.165, 1.54) is 12.3 Å². The Hall–Kier alpha value is -3.04. The van der Waals surface area contributed by atoms with Gasteiger partial charge in [0.15, 0.2) is 0 Å². The van der Waals surface area contributed by atoms with Gasteiger partial charge in [-0.2, -0.15) is 13.2 Å². The molecule has 0 bridgehead atoms. The first kappa shape index (κ1) is 21.2. The molecule has 9 heteroatoms. The highest BCUT2D eigenvalue weighted by Crippen LogP contribution is 2.37. The van der Waals surface area contributed by atoms with Gasteiger partial charge in [0.2, 0.25) is 0 Å². The zero-order valence-corrected chi connectivity index (χ0v) is 16.8. The summed E-state index contributed by atoms with van der Waals surface area (Å²) in [5.41, 5.74) is 1.28. The summed E-state index contributed by atoms with van der Waals surface area (Å²) in [6.45, 7) is 3.89. The number of morpholine rings is 1. The largest absolute Gasteiger partial charge is 0.418 e. The number of hydrogen-bond acceptors (Lipinski definition) is 5. The predicted molar refractivity (Wildman–Crippen MR) is 114 cm³/mol. The molecule has 1 fully saturated rings. The van der Waals surface area contributed by atoms with Crippen molar-refractivity contribution in [2.45, 2.75) is 6.18 Å². The third-order valence-electron chi connectivity index (χ3n) is 5.27. The first-order valence-corrected chi connectivity index (χ1v) is 10.0. The van der Waals surface area contributed by atoms with Gasteiger partial charge in [-0.15, -0.1) is 0 Å². The number of alkyl halides is 3. The van der Waals surface area contributed by atoms with Crippen LogP contribution in [-0.2, 0) is 15.7 Å². The molecule has 0 unspecified atom stereocenters. The van der Waals surface area contributed by atoms with E-state index in [4.69, 9.17) is 4.74 Å². The maximum Gasteiger partial charge on any atom is 0.418 e. The number of carbonyl (C=O) groups excluding carboxylic acids is 1. The van der Waals surface area contributed by atoms with Gasteiger partial charge in [0.25, 0.3) is 5.91 Å². The minimum Gasteiger partial charge on any atom is -0.383 e. The van der Waals surface area contributed by atoms with Crippen LogP contribution in [0.2, 0.25) is 0 Å². The zero-order chi connectivity index (χ0) is 21.8. The van der Waals surface area contributed by atoms with E-state index in [-0.39, 0.29) is 17.3 Å². The van der Waals surface area contributed by atoms with Crippen molar-refractivity contribution < 1.29 is 22.7 Å². The van der Waals surface area contributed by atoms with Gasteiger partial charge in [-0.05, 0) is 24.3 Å². The normalized spacial score (nSPS) is 18.0. The number of halogens is 3. The molecule has 0 atom stereocenters. The SMILES string of the molecule is O=C1Nc2ccccc2C1=CNc1ccc(NCCN2CCOCC2)c(C(F)(F)F)c1. The van der Waals surface area contributed by atoms with Crippen LogP contribution in [0.4, 0.5) is 30.2 Å². The van der Waals surface area contributed by atoms with Crippen LogP contribution in [-0.4, -0.2) is 50.2 Å². The van der Waals surface area contributed by atoms with Gasteiger partial charge in [0.1, 0.15) is 0 Å². The fourth-order valence-corrected chi connectivity index (χ4v) is 3.63. The van der Waals surface area contributed by atoms with Crippen molar-refractivity contribution in [3.05, 3.63) is 59.8 Å². The first-order chi connectivity index (χ1) is 14.9. The van der Waals surface area contributed by atoms with E-state index in [0.29, 0.717) is 43.1 Å². The maximum absolute atomic E-state index is 13.6. The molecule has 31 heavy (non-hydrogen) atoms. The molecule has 2 aromatic carbocycles. The number of rotatable bonds is 6. The van der Waals surface area contributed by atoms with Crippen LogP contribution in [0.15, 0.2) is 48.7 Å². The summed E-state index contributed by atoms with van der Waals surface area (Å²) in [6, 6.07) is 11.2. The lowest BCUT2D eigenvalue weighted by Crippen LogP contribution is -2.39.